The number of fused-ring (bicyclic) bond motifs is 1. The normalized spacial score (nSPS) is 13.8. The topological polar surface area (TPSA) is 81.1 Å². The average molecular weight is 464 g/mol. The first-order chi connectivity index (χ1) is 15.9. The molecule has 6 nitrogen and oxygen atoms in total. The molecule has 0 bridgehead atoms. The highest BCUT2D eigenvalue weighted by Crippen LogP contribution is 2.41. The second-order valence-electron chi connectivity index (χ2n) is 8.30. The number of hydrogen-bond acceptors (Lipinski definition) is 4. The molecule has 5 rings (SSSR count). The van der Waals surface area contributed by atoms with Crippen molar-refractivity contribution in [3.05, 3.63) is 101 Å². The van der Waals surface area contributed by atoms with Crippen molar-refractivity contribution < 1.29 is 17.6 Å². The molecule has 1 aromatic heterocycles. The van der Waals surface area contributed by atoms with E-state index in [-0.39, 0.29) is 23.7 Å². The van der Waals surface area contributed by atoms with Crippen LogP contribution in [0.15, 0.2) is 72.8 Å². The number of nitrogens with one attached hydrogen (secondary N) is 1. The SMILES string of the molecule is O=C(NS(=O)(=O)Cc1ccccc1)c1ccc2nc(C3CC3)n(Cc3ccccc3F)c2c1. The summed E-state index contributed by atoms with van der Waals surface area (Å²) in [4.78, 5) is 17.5. The van der Waals surface area contributed by atoms with Gasteiger partial charge in [-0.15, -0.1) is 0 Å². The fraction of sp³-hybridized carbons (Fsp3) is 0.200. The molecule has 4 aromatic rings. The highest BCUT2D eigenvalue weighted by Gasteiger charge is 2.30. The first kappa shape index (κ1) is 21.3. The second kappa shape index (κ2) is 8.44. The van der Waals surface area contributed by atoms with Crippen LogP contribution in [0.25, 0.3) is 11.0 Å². The molecule has 168 valence electrons. The molecule has 1 N–H and O–H groups in total. The van der Waals surface area contributed by atoms with E-state index in [4.69, 9.17) is 4.98 Å². The molecule has 3 aromatic carbocycles. The van der Waals surface area contributed by atoms with Crippen LogP contribution in [0.5, 0.6) is 0 Å². The molecule has 33 heavy (non-hydrogen) atoms. The largest absolute Gasteiger partial charge is 0.323 e. The van der Waals surface area contributed by atoms with Gasteiger partial charge in [0.1, 0.15) is 11.6 Å². The van der Waals surface area contributed by atoms with Crippen LogP contribution in [-0.2, 0) is 22.3 Å². The summed E-state index contributed by atoms with van der Waals surface area (Å²) < 4.78 is 43.4. The van der Waals surface area contributed by atoms with E-state index < -0.39 is 15.9 Å². The van der Waals surface area contributed by atoms with E-state index in [9.17, 15) is 17.6 Å². The van der Waals surface area contributed by atoms with Crippen molar-refractivity contribution in [3.63, 3.8) is 0 Å². The summed E-state index contributed by atoms with van der Waals surface area (Å²) in [5.74, 6) is -0.129. The van der Waals surface area contributed by atoms with E-state index in [1.807, 2.05) is 4.57 Å². The van der Waals surface area contributed by atoms with Gasteiger partial charge in [-0.1, -0.05) is 48.5 Å². The number of benzene rings is 3. The zero-order valence-electron chi connectivity index (χ0n) is 17.7. The van der Waals surface area contributed by atoms with Crippen LogP contribution in [0.1, 0.15) is 46.1 Å². The molecule has 1 amide bonds. The first-order valence-electron chi connectivity index (χ1n) is 10.7. The van der Waals surface area contributed by atoms with Crippen molar-refractivity contribution in [3.8, 4) is 0 Å². The van der Waals surface area contributed by atoms with E-state index in [1.165, 1.54) is 6.07 Å². The Hall–Kier alpha value is -3.52. The van der Waals surface area contributed by atoms with Gasteiger partial charge in [-0.05, 0) is 42.7 Å². The Bertz CT molecular complexity index is 1440. The lowest BCUT2D eigenvalue weighted by Gasteiger charge is -2.11. The Morgan fingerprint density at radius 1 is 1.03 bits per heavy atom. The van der Waals surface area contributed by atoms with Crippen molar-refractivity contribution in [1.82, 2.24) is 14.3 Å². The van der Waals surface area contributed by atoms with Crippen LogP contribution in [0, 0.1) is 5.82 Å². The second-order valence-corrected chi connectivity index (χ2v) is 10.0. The van der Waals surface area contributed by atoms with E-state index in [1.54, 1.807) is 66.7 Å². The molecule has 1 saturated carbocycles. The third-order valence-electron chi connectivity index (χ3n) is 5.72. The van der Waals surface area contributed by atoms with Crippen molar-refractivity contribution in [2.24, 2.45) is 0 Å². The molecule has 0 radical (unpaired) electrons. The molecular weight excluding hydrogens is 441 g/mol. The number of sulfonamides is 1. The Balaban J connectivity index is 1.46. The Labute approximate surface area is 191 Å². The number of amides is 1. The molecule has 0 saturated heterocycles. The Kier molecular flexibility index (Phi) is 5.46. The van der Waals surface area contributed by atoms with Gasteiger partial charge in [-0.25, -0.2) is 22.5 Å². The fourth-order valence-corrected chi connectivity index (χ4v) is 5.03. The number of nitrogens with zero attached hydrogens (tertiary/aromatic N) is 2. The van der Waals surface area contributed by atoms with Crippen LogP contribution in [-0.4, -0.2) is 23.9 Å². The lowest BCUT2D eigenvalue weighted by molar-refractivity contribution is 0.0981. The number of carbonyl (C=O) groups is 1. The quantitative estimate of drug-likeness (QED) is 0.442. The van der Waals surface area contributed by atoms with Crippen molar-refractivity contribution in [1.29, 1.82) is 0 Å². The minimum absolute atomic E-state index is 0.205. The molecule has 0 atom stereocenters. The van der Waals surface area contributed by atoms with Crippen molar-refractivity contribution >= 4 is 27.0 Å². The molecule has 1 aliphatic carbocycles. The highest BCUT2D eigenvalue weighted by atomic mass is 32.2. The summed E-state index contributed by atoms with van der Waals surface area (Å²) in [6.07, 6.45) is 2.04. The maximum absolute atomic E-state index is 14.3. The van der Waals surface area contributed by atoms with Gasteiger partial charge in [0.25, 0.3) is 5.91 Å². The molecule has 1 fully saturated rings. The number of carbonyl (C=O) groups excluding carboxylic acids is 1. The maximum Gasteiger partial charge on any atom is 0.264 e. The predicted octanol–water partition coefficient (Wildman–Crippen LogP) is 4.36. The summed E-state index contributed by atoms with van der Waals surface area (Å²) >= 11 is 0. The molecular formula is C25H22FN3O3S. The number of aromatic nitrogens is 2. The zero-order valence-corrected chi connectivity index (χ0v) is 18.6. The van der Waals surface area contributed by atoms with Gasteiger partial charge >= 0.3 is 0 Å². The number of rotatable bonds is 7. The van der Waals surface area contributed by atoms with Crippen LogP contribution < -0.4 is 4.72 Å². The summed E-state index contributed by atoms with van der Waals surface area (Å²) in [6, 6.07) is 20.1. The summed E-state index contributed by atoms with van der Waals surface area (Å²) in [5, 5.41) is 0. The van der Waals surface area contributed by atoms with Gasteiger partial charge in [0, 0.05) is 17.0 Å². The van der Waals surface area contributed by atoms with Gasteiger partial charge in [0.2, 0.25) is 10.0 Å². The smallest absolute Gasteiger partial charge is 0.264 e. The monoisotopic (exact) mass is 463 g/mol. The molecule has 0 aliphatic heterocycles. The minimum Gasteiger partial charge on any atom is -0.323 e. The van der Waals surface area contributed by atoms with Crippen molar-refractivity contribution in [2.75, 3.05) is 0 Å². The number of halogens is 1. The van der Waals surface area contributed by atoms with Crippen LogP contribution in [0.3, 0.4) is 0 Å². The summed E-state index contributed by atoms with van der Waals surface area (Å²) in [6.45, 7) is 0.284. The number of hydrogen-bond donors (Lipinski definition) is 1. The standard InChI is InChI=1S/C25H22FN3O3S/c26-21-9-5-4-8-20(21)15-29-23-14-19(12-13-22(23)27-24(29)18-10-11-18)25(30)28-33(31,32)16-17-6-2-1-3-7-17/h1-9,12-14,18H,10-11,15-16H2,(H,28,30). The molecule has 1 aliphatic rings. The Morgan fingerprint density at radius 2 is 1.76 bits per heavy atom. The van der Waals surface area contributed by atoms with Gasteiger partial charge in [-0.2, -0.15) is 0 Å². The third-order valence-corrected chi connectivity index (χ3v) is 6.93. The maximum atomic E-state index is 14.3. The van der Waals surface area contributed by atoms with Crippen LogP contribution >= 0.6 is 0 Å². The third kappa shape index (κ3) is 4.66. The van der Waals surface area contributed by atoms with E-state index in [2.05, 4.69) is 4.72 Å². The lowest BCUT2D eigenvalue weighted by atomic mass is 10.1. The average Bonchev–Trinajstić information content (AvgIpc) is 3.57. The van der Waals surface area contributed by atoms with Gasteiger partial charge in [-0.3, -0.25) is 4.79 Å². The van der Waals surface area contributed by atoms with Gasteiger partial charge < -0.3 is 4.57 Å². The molecule has 1 heterocycles. The highest BCUT2D eigenvalue weighted by molar-refractivity contribution is 7.89. The van der Waals surface area contributed by atoms with Gasteiger partial charge in [0.15, 0.2) is 0 Å². The zero-order chi connectivity index (χ0) is 23.0. The fourth-order valence-electron chi connectivity index (χ4n) is 3.93. The summed E-state index contributed by atoms with van der Waals surface area (Å²) in [5.41, 5.74) is 2.69. The first-order valence-corrected chi connectivity index (χ1v) is 12.4. The lowest BCUT2D eigenvalue weighted by Crippen LogP contribution is -2.31. The number of imidazole rings is 1. The van der Waals surface area contributed by atoms with E-state index in [0.29, 0.717) is 28.1 Å². The van der Waals surface area contributed by atoms with Gasteiger partial charge in [0.05, 0.1) is 23.3 Å². The summed E-state index contributed by atoms with van der Waals surface area (Å²) in [7, 11) is -3.87. The molecule has 0 unspecified atom stereocenters. The van der Waals surface area contributed by atoms with Crippen LogP contribution in [0.2, 0.25) is 0 Å². The predicted molar refractivity (Wildman–Crippen MR) is 124 cm³/mol. The minimum atomic E-state index is -3.87. The van der Waals surface area contributed by atoms with Crippen LogP contribution in [0.4, 0.5) is 4.39 Å². The Morgan fingerprint density at radius 3 is 2.48 bits per heavy atom. The van der Waals surface area contributed by atoms with E-state index >= 15 is 0 Å². The molecule has 8 heteroatoms. The van der Waals surface area contributed by atoms with Crippen molar-refractivity contribution in [2.45, 2.75) is 31.1 Å². The molecule has 0 spiro atoms. The van der Waals surface area contributed by atoms with E-state index in [0.717, 1.165) is 18.7 Å².